The maximum atomic E-state index is 12.2. The Kier molecular flexibility index (Phi) is 22.2. The molecule has 27 heavy (non-hydrogen) atoms. The molecule has 2 unspecified atom stereocenters. The fraction of sp³-hybridized carbons (Fsp3) is 0.957. The van der Waals surface area contributed by atoms with Gasteiger partial charge in [-0.25, -0.2) is 0 Å². The molecular weight excluding hydrogens is 358 g/mol. The van der Waals surface area contributed by atoms with Gasteiger partial charge in [-0.2, -0.15) is 0 Å². The minimum absolute atomic E-state index is 0. The van der Waals surface area contributed by atoms with Crippen molar-refractivity contribution >= 4 is 18.2 Å². The van der Waals surface area contributed by atoms with Gasteiger partial charge in [0.05, 0.1) is 12.1 Å². The first-order valence-electron chi connectivity index (χ1n) is 11.4. The summed E-state index contributed by atoms with van der Waals surface area (Å²) < 4.78 is 0. The van der Waals surface area contributed by atoms with Crippen molar-refractivity contribution in [2.45, 2.75) is 129 Å². The molecule has 0 amide bonds. The van der Waals surface area contributed by atoms with E-state index in [-0.39, 0.29) is 24.2 Å². The number of carbonyl (C=O) groups excluding carboxylic acids is 1. The zero-order chi connectivity index (χ0) is 19.6. The van der Waals surface area contributed by atoms with E-state index in [0.717, 1.165) is 12.8 Å². The average Bonchev–Trinajstić information content (AvgIpc) is 2.57. The van der Waals surface area contributed by atoms with Crippen molar-refractivity contribution in [1.82, 2.24) is 4.90 Å². The van der Waals surface area contributed by atoms with E-state index in [4.69, 9.17) is 0 Å². The van der Waals surface area contributed by atoms with Gasteiger partial charge in [-0.15, -0.1) is 12.4 Å². The molecule has 0 rings (SSSR count). The number of nitrogens with zero attached hydrogens (tertiary/aromatic N) is 1. The van der Waals surface area contributed by atoms with E-state index >= 15 is 0 Å². The summed E-state index contributed by atoms with van der Waals surface area (Å²) >= 11 is 0. The second-order valence-corrected chi connectivity index (χ2v) is 8.32. The Morgan fingerprint density at radius 2 is 1.07 bits per heavy atom. The summed E-state index contributed by atoms with van der Waals surface area (Å²) in [5.74, 6) is 0.180. The topological polar surface area (TPSA) is 40.5 Å². The zero-order valence-corrected chi connectivity index (χ0v) is 19.5. The van der Waals surface area contributed by atoms with Crippen molar-refractivity contribution < 1.29 is 9.90 Å². The molecule has 2 atom stereocenters. The third kappa shape index (κ3) is 17.7. The lowest BCUT2D eigenvalue weighted by molar-refractivity contribution is -0.126. The van der Waals surface area contributed by atoms with Crippen LogP contribution in [0.5, 0.6) is 0 Å². The lowest BCUT2D eigenvalue weighted by atomic mass is 10.00. The fourth-order valence-electron chi connectivity index (χ4n) is 3.81. The Labute approximate surface area is 176 Å². The normalized spacial score (nSPS) is 13.4. The Morgan fingerprint density at radius 1 is 0.741 bits per heavy atom. The first kappa shape index (κ1) is 29.1. The summed E-state index contributed by atoms with van der Waals surface area (Å²) in [6, 6.07) is -0.346. The molecule has 0 aromatic carbocycles. The first-order valence-corrected chi connectivity index (χ1v) is 11.4. The van der Waals surface area contributed by atoms with Crippen molar-refractivity contribution in [3.05, 3.63) is 0 Å². The average molecular weight is 406 g/mol. The van der Waals surface area contributed by atoms with Gasteiger partial charge in [0.2, 0.25) is 0 Å². The number of carbonyl (C=O) groups is 1. The van der Waals surface area contributed by atoms with Gasteiger partial charge in [0, 0.05) is 6.42 Å². The number of rotatable bonds is 19. The SMILES string of the molecule is CCCCCCCCCCCCCCCCCC(=O)C(C(C)O)N(C)C.Cl. The van der Waals surface area contributed by atoms with Crippen LogP contribution in [0.3, 0.4) is 0 Å². The summed E-state index contributed by atoms with van der Waals surface area (Å²) in [4.78, 5) is 14.0. The molecule has 0 saturated heterocycles. The molecule has 164 valence electrons. The predicted octanol–water partition coefficient (Wildman–Crippen LogP) is 6.55. The van der Waals surface area contributed by atoms with Gasteiger partial charge in [0.25, 0.3) is 0 Å². The molecule has 0 aromatic rings. The Morgan fingerprint density at radius 3 is 1.37 bits per heavy atom. The molecular formula is C23H48ClNO2. The Balaban J connectivity index is 0. The molecule has 0 aliphatic heterocycles. The lowest BCUT2D eigenvalue weighted by Crippen LogP contribution is -2.43. The highest BCUT2D eigenvalue weighted by Gasteiger charge is 2.24. The largest absolute Gasteiger partial charge is 0.391 e. The van der Waals surface area contributed by atoms with Crippen LogP contribution in [-0.4, -0.2) is 42.0 Å². The molecule has 1 N–H and O–H groups in total. The molecule has 3 nitrogen and oxygen atoms in total. The van der Waals surface area contributed by atoms with Crippen molar-refractivity contribution in [2.75, 3.05) is 14.1 Å². The van der Waals surface area contributed by atoms with Gasteiger partial charge in [-0.05, 0) is 27.4 Å². The molecule has 0 aromatic heterocycles. The van der Waals surface area contributed by atoms with E-state index in [1.165, 1.54) is 83.5 Å². The van der Waals surface area contributed by atoms with Gasteiger partial charge in [0.15, 0.2) is 5.78 Å². The molecule has 0 aliphatic rings. The van der Waals surface area contributed by atoms with Crippen LogP contribution in [0.2, 0.25) is 0 Å². The molecule has 0 saturated carbocycles. The Bertz CT molecular complexity index is 314. The van der Waals surface area contributed by atoms with Crippen LogP contribution in [0.1, 0.15) is 117 Å². The fourth-order valence-corrected chi connectivity index (χ4v) is 3.81. The number of Topliss-reactive ketones (excluding diaryl/α,β-unsaturated/α-hetero) is 1. The first-order chi connectivity index (χ1) is 12.5. The van der Waals surface area contributed by atoms with E-state index in [9.17, 15) is 9.90 Å². The summed E-state index contributed by atoms with van der Waals surface area (Å²) in [5.41, 5.74) is 0. The minimum Gasteiger partial charge on any atom is -0.391 e. The monoisotopic (exact) mass is 405 g/mol. The maximum Gasteiger partial charge on any atom is 0.152 e. The van der Waals surface area contributed by atoms with Gasteiger partial charge in [0.1, 0.15) is 0 Å². The highest BCUT2D eigenvalue weighted by atomic mass is 35.5. The third-order valence-corrected chi connectivity index (χ3v) is 5.37. The van der Waals surface area contributed by atoms with E-state index in [1.807, 2.05) is 19.0 Å². The molecule has 0 radical (unpaired) electrons. The number of hydrogen-bond donors (Lipinski definition) is 1. The van der Waals surface area contributed by atoms with Crippen LogP contribution in [0.15, 0.2) is 0 Å². The lowest BCUT2D eigenvalue weighted by Gasteiger charge is -2.25. The van der Waals surface area contributed by atoms with Crippen LogP contribution in [-0.2, 0) is 4.79 Å². The van der Waals surface area contributed by atoms with Crippen LogP contribution in [0.4, 0.5) is 0 Å². The van der Waals surface area contributed by atoms with Gasteiger partial charge in [-0.3, -0.25) is 9.69 Å². The number of hydrogen-bond acceptors (Lipinski definition) is 3. The van der Waals surface area contributed by atoms with E-state index in [1.54, 1.807) is 6.92 Å². The van der Waals surface area contributed by atoms with Crippen LogP contribution in [0.25, 0.3) is 0 Å². The Hall–Kier alpha value is -0.120. The third-order valence-electron chi connectivity index (χ3n) is 5.37. The second-order valence-electron chi connectivity index (χ2n) is 8.32. The molecule has 0 fully saturated rings. The molecule has 0 bridgehead atoms. The number of likely N-dealkylation sites (N-methyl/N-ethyl adjacent to an activating group) is 1. The van der Waals surface area contributed by atoms with E-state index < -0.39 is 6.10 Å². The molecule has 0 spiro atoms. The molecule has 0 heterocycles. The number of unbranched alkanes of at least 4 members (excludes halogenated alkanes) is 14. The van der Waals surface area contributed by atoms with Crippen molar-refractivity contribution in [2.24, 2.45) is 0 Å². The molecule has 0 aliphatic carbocycles. The summed E-state index contributed by atoms with van der Waals surface area (Å²) in [6.45, 7) is 3.98. The number of halogens is 1. The highest BCUT2D eigenvalue weighted by Crippen LogP contribution is 2.14. The summed E-state index contributed by atoms with van der Waals surface area (Å²) in [6.07, 6.45) is 20.1. The van der Waals surface area contributed by atoms with Crippen LogP contribution < -0.4 is 0 Å². The second kappa shape index (κ2) is 20.6. The minimum atomic E-state index is -0.589. The summed E-state index contributed by atoms with van der Waals surface area (Å²) in [5, 5.41) is 9.72. The quantitative estimate of drug-likeness (QED) is 0.248. The molecule has 4 heteroatoms. The van der Waals surface area contributed by atoms with Crippen LogP contribution in [0, 0.1) is 0 Å². The van der Waals surface area contributed by atoms with Crippen molar-refractivity contribution in [1.29, 1.82) is 0 Å². The van der Waals surface area contributed by atoms with Gasteiger partial charge >= 0.3 is 0 Å². The standard InChI is InChI=1S/C23H47NO2.ClH/c1-5-6-7-8-9-10-11-12-13-14-15-16-17-18-19-20-22(26)23(21(2)25)24(3)4;/h21,23,25H,5-20H2,1-4H3;1H. The predicted molar refractivity (Wildman–Crippen MR) is 121 cm³/mol. The van der Waals surface area contributed by atoms with Crippen molar-refractivity contribution in [3.8, 4) is 0 Å². The number of aliphatic hydroxyl groups excluding tert-OH is 1. The number of ketones is 1. The van der Waals surface area contributed by atoms with Crippen molar-refractivity contribution in [3.63, 3.8) is 0 Å². The number of aliphatic hydroxyl groups is 1. The maximum absolute atomic E-state index is 12.2. The van der Waals surface area contributed by atoms with Crippen LogP contribution >= 0.6 is 12.4 Å². The zero-order valence-electron chi connectivity index (χ0n) is 18.7. The van der Waals surface area contributed by atoms with E-state index in [2.05, 4.69) is 6.92 Å². The summed E-state index contributed by atoms with van der Waals surface area (Å²) in [7, 11) is 3.73. The highest BCUT2D eigenvalue weighted by molar-refractivity contribution is 5.85. The van der Waals surface area contributed by atoms with Gasteiger partial charge in [-0.1, -0.05) is 96.8 Å². The van der Waals surface area contributed by atoms with Gasteiger partial charge < -0.3 is 5.11 Å². The smallest absolute Gasteiger partial charge is 0.152 e. The van der Waals surface area contributed by atoms with E-state index in [0.29, 0.717) is 6.42 Å².